The maximum atomic E-state index is 12.8. The number of carbonyl (C=O) groups is 2. The van der Waals surface area contributed by atoms with Crippen molar-refractivity contribution in [2.24, 2.45) is 0 Å². The molecule has 166 valence electrons. The summed E-state index contributed by atoms with van der Waals surface area (Å²) in [5.74, 6) is -1.45. The van der Waals surface area contributed by atoms with Crippen LogP contribution in [0.15, 0.2) is 64.0 Å². The number of carbonyl (C=O) groups excluding carboxylic acids is 2. The zero-order valence-electron chi connectivity index (χ0n) is 16.8. The van der Waals surface area contributed by atoms with E-state index >= 15 is 0 Å². The van der Waals surface area contributed by atoms with Crippen LogP contribution in [0.4, 0.5) is 18.9 Å². The summed E-state index contributed by atoms with van der Waals surface area (Å²) in [6, 6.07) is 14.0. The van der Waals surface area contributed by atoms with Gasteiger partial charge in [0.05, 0.1) is 28.0 Å². The first-order chi connectivity index (χ1) is 15.2. The van der Waals surface area contributed by atoms with E-state index in [0.717, 1.165) is 34.4 Å². The van der Waals surface area contributed by atoms with Crippen molar-refractivity contribution in [1.82, 2.24) is 5.32 Å². The molecule has 0 saturated carbocycles. The predicted molar refractivity (Wildman–Crippen MR) is 119 cm³/mol. The van der Waals surface area contributed by atoms with Crippen molar-refractivity contribution in [2.75, 3.05) is 17.3 Å². The van der Waals surface area contributed by atoms with Crippen LogP contribution in [0.1, 0.15) is 23.5 Å². The summed E-state index contributed by atoms with van der Waals surface area (Å²) >= 11 is 2.54. The quantitative estimate of drug-likeness (QED) is 0.563. The second kappa shape index (κ2) is 10.1. The van der Waals surface area contributed by atoms with Crippen LogP contribution in [-0.2, 0) is 15.8 Å². The lowest BCUT2D eigenvalue weighted by atomic mass is 9.87. The highest BCUT2D eigenvalue weighted by Crippen LogP contribution is 2.36. The molecule has 1 aliphatic heterocycles. The van der Waals surface area contributed by atoms with Gasteiger partial charge in [0.15, 0.2) is 0 Å². The first kappa shape index (κ1) is 23.8. The van der Waals surface area contributed by atoms with Gasteiger partial charge in [0.1, 0.15) is 0 Å². The summed E-state index contributed by atoms with van der Waals surface area (Å²) < 4.78 is 38.5. The molecule has 0 unspecified atom stereocenters. The Bertz CT molecular complexity index is 1090. The van der Waals surface area contributed by atoms with Gasteiger partial charge < -0.3 is 10.6 Å². The number of halogens is 3. The molecule has 32 heavy (non-hydrogen) atoms. The zero-order valence-corrected chi connectivity index (χ0v) is 18.5. The molecule has 0 bridgehead atoms. The molecular weight excluding hydrogens is 459 g/mol. The third-order valence-corrected chi connectivity index (χ3v) is 6.46. The maximum Gasteiger partial charge on any atom is 0.416 e. The van der Waals surface area contributed by atoms with Gasteiger partial charge in [-0.25, -0.2) is 0 Å². The van der Waals surface area contributed by atoms with Gasteiger partial charge in [-0.1, -0.05) is 30.0 Å². The van der Waals surface area contributed by atoms with Gasteiger partial charge >= 0.3 is 6.18 Å². The molecule has 3 rings (SSSR count). The van der Waals surface area contributed by atoms with E-state index in [-0.39, 0.29) is 28.8 Å². The molecule has 1 aliphatic rings. The Kier molecular flexibility index (Phi) is 7.53. The third kappa shape index (κ3) is 5.87. The Morgan fingerprint density at radius 3 is 2.59 bits per heavy atom. The number of nitrogens with zero attached hydrogens (tertiary/aromatic N) is 1. The van der Waals surface area contributed by atoms with Crippen molar-refractivity contribution < 1.29 is 22.8 Å². The fourth-order valence-corrected chi connectivity index (χ4v) is 4.45. The number of alkyl halides is 3. The maximum absolute atomic E-state index is 12.8. The Morgan fingerprint density at radius 1 is 1.25 bits per heavy atom. The van der Waals surface area contributed by atoms with E-state index in [9.17, 15) is 28.0 Å². The number of anilines is 1. The monoisotopic (exact) mass is 477 g/mol. The van der Waals surface area contributed by atoms with Gasteiger partial charge in [-0.05, 0) is 42.2 Å². The van der Waals surface area contributed by atoms with Crippen molar-refractivity contribution in [3.63, 3.8) is 0 Å². The van der Waals surface area contributed by atoms with Crippen LogP contribution in [0.5, 0.6) is 0 Å². The molecular formula is C22H18F3N3O2S2. The van der Waals surface area contributed by atoms with Crippen LogP contribution >= 0.6 is 23.5 Å². The molecule has 0 aromatic heterocycles. The molecule has 0 fully saturated rings. The third-order valence-electron chi connectivity index (χ3n) is 4.70. The lowest BCUT2D eigenvalue weighted by molar-refractivity contribution is -0.137. The standard InChI is InChI=1S/C22H18F3N3O2S2/c1-31-16-7-5-13(6-8-16)17-10-19(29)28-21(18(17)11-26)32-12-20(30)27-15-4-2-3-14(9-15)22(23,24)25/h2-9,17H,10,12H2,1H3,(H,27,30)(H,28,29)/t17-/m1/s1. The van der Waals surface area contributed by atoms with Crippen molar-refractivity contribution in [3.05, 3.63) is 70.3 Å². The first-order valence-corrected chi connectivity index (χ1v) is 11.6. The second-order valence-corrected chi connectivity index (χ2v) is 8.71. The number of allylic oxidation sites excluding steroid dienone is 1. The number of nitriles is 1. The molecule has 0 aliphatic carbocycles. The van der Waals surface area contributed by atoms with Gasteiger partial charge in [-0.15, -0.1) is 11.8 Å². The topological polar surface area (TPSA) is 82.0 Å². The van der Waals surface area contributed by atoms with Gasteiger partial charge in [-0.2, -0.15) is 18.4 Å². The van der Waals surface area contributed by atoms with E-state index in [0.29, 0.717) is 5.57 Å². The van der Waals surface area contributed by atoms with Gasteiger partial charge in [0, 0.05) is 22.9 Å². The zero-order chi connectivity index (χ0) is 23.3. The fourth-order valence-electron chi connectivity index (χ4n) is 3.16. The lowest BCUT2D eigenvalue weighted by Gasteiger charge is -2.25. The minimum atomic E-state index is -4.52. The van der Waals surface area contributed by atoms with Crippen LogP contribution < -0.4 is 10.6 Å². The van der Waals surface area contributed by atoms with E-state index in [1.54, 1.807) is 11.8 Å². The average molecular weight is 478 g/mol. The summed E-state index contributed by atoms with van der Waals surface area (Å²) in [6.07, 6.45) is -2.46. The van der Waals surface area contributed by atoms with Crippen LogP contribution in [0, 0.1) is 11.3 Å². The van der Waals surface area contributed by atoms with Crippen molar-refractivity contribution >= 4 is 41.0 Å². The summed E-state index contributed by atoms with van der Waals surface area (Å²) in [6.45, 7) is 0. The van der Waals surface area contributed by atoms with E-state index in [4.69, 9.17) is 0 Å². The lowest BCUT2D eigenvalue weighted by Crippen LogP contribution is -2.31. The molecule has 2 aromatic rings. The highest BCUT2D eigenvalue weighted by Gasteiger charge is 2.31. The number of benzene rings is 2. The second-order valence-electron chi connectivity index (χ2n) is 6.85. The molecule has 2 aromatic carbocycles. The molecule has 2 N–H and O–H groups in total. The summed E-state index contributed by atoms with van der Waals surface area (Å²) in [5.41, 5.74) is 0.311. The normalized spacial score (nSPS) is 16.3. The van der Waals surface area contributed by atoms with E-state index < -0.39 is 23.6 Å². The SMILES string of the molecule is CSc1ccc([C@H]2CC(=O)NC(SCC(=O)Nc3cccc(C(F)(F)F)c3)=C2C#N)cc1. The number of amides is 2. The number of rotatable bonds is 6. The van der Waals surface area contributed by atoms with Crippen LogP contribution in [0.2, 0.25) is 0 Å². The molecule has 2 amide bonds. The average Bonchev–Trinajstić information content (AvgIpc) is 2.77. The predicted octanol–water partition coefficient (Wildman–Crippen LogP) is 5.14. The highest BCUT2D eigenvalue weighted by atomic mass is 32.2. The molecule has 0 saturated heterocycles. The van der Waals surface area contributed by atoms with Crippen LogP contribution in [-0.4, -0.2) is 23.8 Å². The van der Waals surface area contributed by atoms with Gasteiger partial charge in [0.2, 0.25) is 11.8 Å². The Hall–Kier alpha value is -2.90. The summed E-state index contributed by atoms with van der Waals surface area (Å²) in [7, 11) is 0. The molecule has 1 heterocycles. The Balaban J connectivity index is 1.73. The highest BCUT2D eigenvalue weighted by molar-refractivity contribution is 8.03. The smallest absolute Gasteiger partial charge is 0.325 e. The number of hydrogen-bond donors (Lipinski definition) is 2. The number of thioether (sulfide) groups is 2. The van der Waals surface area contributed by atoms with Gasteiger partial charge in [0.25, 0.3) is 0 Å². The Morgan fingerprint density at radius 2 is 1.97 bits per heavy atom. The first-order valence-electron chi connectivity index (χ1n) is 9.39. The summed E-state index contributed by atoms with van der Waals surface area (Å²) in [4.78, 5) is 25.6. The number of hydrogen-bond acceptors (Lipinski definition) is 5. The van der Waals surface area contributed by atoms with Crippen molar-refractivity contribution in [3.8, 4) is 6.07 Å². The van der Waals surface area contributed by atoms with Crippen molar-refractivity contribution in [1.29, 1.82) is 5.26 Å². The van der Waals surface area contributed by atoms with E-state index in [1.165, 1.54) is 12.1 Å². The molecule has 0 radical (unpaired) electrons. The molecule has 5 nitrogen and oxygen atoms in total. The van der Waals surface area contributed by atoms with Gasteiger partial charge in [-0.3, -0.25) is 9.59 Å². The summed E-state index contributed by atoms with van der Waals surface area (Å²) in [5, 5.41) is 15.0. The van der Waals surface area contributed by atoms with E-state index in [2.05, 4.69) is 16.7 Å². The molecule has 0 spiro atoms. The molecule has 1 atom stereocenters. The van der Waals surface area contributed by atoms with Crippen LogP contribution in [0.3, 0.4) is 0 Å². The van der Waals surface area contributed by atoms with Crippen LogP contribution in [0.25, 0.3) is 0 Å². The largest absolute Gasteiger partial charge is 0.416 e. The molecule has 10 heteroatoms. The minimum Gasteiger partial charge on any atom is -0.325 e. The van der Waals surface area contributed by atoms with E-state index in [1.807, 2.05) is 30.5 Å². The number of nitrogens with one attached hydrogen (secondary N) is 2. The minimum absolute atomic E-state index is 0.0133. The van der Waals surface area contributed by atoms with Crippen molar-refractivity contribution in [2.45, 2.75) is 23.4 Å². The fraction of sp³-hybridized carbons (Fsp3) is 0.227. The Labute approximate surface area is 191 Å².